The lowest BCUT2D eigenvalue weighted by atomic mass is 9.75. The van der Waals surface area contributed by atoms with Crippen molar-refractivity contribution in [2.24, 2.45) is 0 Å². The summed E-state index contributed by atoms with van der Waals surface area (Å²) in [5, 5.41) is 19.0. The Bertz CT molecular complexity index is 621. The molecule has 1 atom stereocenters. The molecule has 5 nitrogen and oxygen atoms in total. The second-order valence-corrected chi connectivity index (χ2v) is 7.37. The van der Waals surface area contributed by atoms with E-state index in [2.05, 4.69) is 0 Å². The van der Waals surface area contributed by atoms with Crippen LogP contribution in [-0.4, -0.2) is 33.5 Å². The van der Waals surface area contributed by atoms with E-state index in [-0.39, 0.29) is 18.4 Å². The minimum absolute atomic E-state index is 0.150. The Kier molecular flexibility index (Phi) is 5.42. The first kappa shape index (κ1) is 17.9. The van der Waals surface area contributed by atoms with Crippen molar-refractivity contribution < 1.29 is 19.8 Å². The first-order valence-corrected chi connectivity index (χ1v) is 9.34. The number of hydrogen-bond donors (Lipinski definition) is 2. The molecular weight excluding hydrogens is 318 g/mol. The Morgan fingerprint density at radius 3 is 2.36 bits per heavy atom. The first-order chi connectivity index (χ1) is 12.0. The number of aliphatic carboxylic acids is 1. The molecule has 1 saturated carbocycles. The molecule has 1 heterocycles. The molecule has 25 heavy (non-hydrogen) atoms. The summed E-state index contributed by atoms with van der Waals surface area (Å²) in [6, 6.07) is 8.24. The lowest BCUT2D eigenvalue weighted by Crippen LogP contribution is -2.46. The number of aliphatic hydroxyl groups is 1. The Morgan fingerprint density at radius 1 is 1.12 bits per heavy atom. The fraction of sp³-hybridized carbons (Fsp3) is 0.600. The molecule has 1 aromatic rings. The van der Waals surface area contributed by atoms with Crippen LogP contribution in [0.15, 0.2) is 24.3 Å². The highest BCUT2D eigenvalue weighted by Crippen LogP contribution is 2.42. The van der Waals surface area contributed by atoms with Crippen molar-refractivity contribution in [1.29, 1.82) is 0 Å². The van der Waals surface area contributed by atoms with Gasteiger partial charge in [0.1, 0.15) is 0 Å². The van der Waals surface area contributed by atoms with Crippen LogP contribution in [-0.2, 0) is 15.2 Å². The maximum Gasteiger partial charge on any atom is 0.303 e. The Morgan fingerprint density at radius 2 is 1.80 bits per heavy atom. The molecule has 1 aliphatic carbocycles. The highest BCUT2D eigenvalue weighted by molar-refractivity contribution is 5.83. The topological polar surface area (TPSA) is 77.8 Å². The van der Waals surface area contributed by atoms with E-state index in [1.807, 2.05) is 29.2 Å². The van der Waals surface area contributed by atoms with Crippen LogP contribution in [0.2, 0.25) is 0 Å². The van der Waals surface area contributed by atoms with Gasteiger partial charge in [0.2, 0.25) is 5.91 Å². The monoisotopic (exact) mass is 345 g/mol. The maximum atomic E-state index is 11.9. The Labute approximate surface area is 148 Å². The zero-order valence-electron chi connectivity index (χ0n) is 14.6. The van der Waals surface area contributed by atoms with Crippen molar-refractivity contribution in [3.8, 4) is 0 Å². The second-order valence-electron chi connectivity index (χ2n) is 7.37. The first-order valence-electron chi connectivity index (χ1n) is 9.34. The molecule has 1 saturated heterocycles. The number of hydrogen-bond acceptors (Lipinski definition) is 3. The lowest BCUT2D eigenvalue weighted by molar-refractivity contribution is -0.146. The van der Waals surface area contributed by atoms with Gasteiger partial charge in [-0.15, -0.1) is 0 Å². The van der Waals surface area contributed by atoms with Gasteiger partial charge in [-0.2, -0.15) is 0 Å². The van der Waals surface area contributed by atoms with E-state index in [9.17, 15) is 14.7 Å². The number of carbonyl (C=O) groups is 2. The summed E-state index contributed by atoms with van der Waals surface area (Å²) < 4.78 is 0. The number of benzene rings is 1. The van der Waals surface area contributed by atoms with Crippen LogP contribution in [0.4, 0.5) is 0 Å². The highest BCUT2D eigenvalue weighted by atomic mass is 16.4. The van der Waals surface area contributed by atoms with Gasteiger partial charge in [-0.25, -0.2) is 0 Å². The molecule has 0 unspecified atom stereocenters. The number of β-lactam (4-membered cyclic amide) rings is 1. The van der Waals surface area contributed by atoms with Gasteiger partial charge < -0.3 is 15.1 Å². The summed E-state index contributed by atoms with van der Waals surface area (Å²) in [6.45, 7) is 0.738. The Hall–Kier alpha value is -1.88. The molecule has 0 aromatic heterocycles. The highest BCUT2D eigenvalue weighted by Gasteiger charge is 2.38. The Balaban J connectivity index is 1.47. The summed E-state index contributed by atoms with van der Waals surface area (Å²) in [6.07, 6.45) is 7.01. The molecule has 2 fully saturated rings. The SMILES string of the molecule is O=C(O)CCCCCCN1C(=O)C[C@@H]1c1ccc(C2(O)CCC2)cc1. The van der Waals surface area contributed by atoms with Gasteiger partial charge in [-0.1, -0.05) is 37.1 Å². The predicted octanol–water partition coefficient (Wildman–Crippen LogP) is 3.37. The van der Waals surface area contributed by atoms with Crippen LogP contribution in [0.3, 0.4) is 0 Å². The average Bonchev–Trinajstić information content (AvgIpc) is 2.56. The molecule has 1 aliphatic heterocycles. The minimum atomic E-state index is -0.743. The van der Waals surface area contributed by atoms with E-state index in [0.717, 1.165) is 56.2 Å². The largest absolute Gasteiger partial charge is 0.481 e. The number of carboxylic acid groups (broad SMARTS) is 1. The molecule has 1 aromatic carbocycles. The third-order valence-electron chi connectivity index (χ3n) is 5.62. The molecule has 2 N–H and O–H groups in total. The van der Waals surface area contributed by atoms with Gasteiger partial charge in [0.25, 0.3) is 0 Å². The molecule has 5 heteroatoms. The van der Waals surface area contributed by atoms with E-state index >= 15 is 0 Å². The van der Waals surface area contributed by atoms with Crippen LogP contribution in [0.25, 0.3) is 0 Å². The molecule has 0 bridgehead atoms. The van der Waals surface area contributed by atoms with Crippen LogP contribution in [0.1, 0.15) is 75.0 Å². The van der Waals surface area contributed by atoms with Crippen molar-refractivity contribution in [3.63, 3.8) is 0 Å². The van der Waals surface area contributed by atoms with Crippen molar-refractivity contribution >= 4 is 11.9 Å². The van der Waals surface area contributed by atoms with Crippen molar-refractivity contribution in [3.05, 3.63) is 35.4 Å². The van der Waals surface area contributed by atoms with Crippen LogP contribution < -0.4 is 0 Å². The quantitative estimate of drug-likeness (QED) is 0.531. The molecule has 1 amide bonds. The normalized spacial score (nSPS) is 21.6. The van der Waals surface area contributed by atoms with Crippen molar-refractivity contribution in [1.82, 2.24) is 4.90 Å². The standard InChI is InChI=1S/C20H27NO4/c22-18-14-17(21(18)13-4-2-1-3-6-19(23)24)15-7-9-16(10-8-15)20(25)11-5-12-20/h7-10,17,25H,1-6,11-14H2,(H,23,24)/t17-/m1/s1. The number of carbonyl (C=O) groups excluding carboxylic acids is 1. The fourth-order valence-corrected chi connectivity index (χ4v) is 3.76. The van der Waals surface area contributed by atoms with E-state index < -0.39 is 11.6 Å². The third kappa shape index (κ3) is 4.03. The van der Waals surface area contributed by atoms with E-state index in [0.29, 0.717) is 12.8 Å². The number of carboxylic acids is 1. The van der Waals surface area contributed by atoms with Crippen LogP contribution >= 0.6 is 0 Å². The second kappa shape index (κ2) is 7.56. The number of likely N-dealkylation sites (tertiary alicyclic amines) is 1. The van der Waals surface area contributed by atoms with Gasteiger partial charge in [0.05, 0.1) is 18.1 Å². The molecule has 2 aliphatic rings. The van der Waals surface area contributed by atoms with Gasteiger partial charge >= 0.3 is 5.97 Å². The number of amides is 1. The van der Waals surface area contributed by atoms with Gasteiger partial charge in [-0.05, 0) is 43.2 Å². The molecule has 3 rings (SSSR count). The summed E-state index contributed by atoms with van der Waals surface area (Å²) in [5.41, 5.74) is 1.49. The molecular formula is C20H27NO4. The summed E-state index contributed by atoms with van der Waals surface area (Å²) >= 11 is 0. The van der Waals surface area contributed by atoms with Gasteiger partial charge in [-0.3, -0.25) is 9.59 Å². The fourth-order valence-electron chi connectivity index (χ4n) is 3.76. The minimum Gasteiger partial charge on any atom is -0.481 e. The van der Waals surface area contributed by atoms with E-state index in [4.69, 9.17) is 5.11 Å². The third-order valence-corrected chi connectivity index (χ3v) is 5.62. The predicted molar refractivity (Wildman–Crippen MR) is 94.0 cm³/mol. The molecule has 136 valence electrons. The van der Waals surface area contributed by atoms with Crippen molar-refractivity contribution in [2.45, 2.75) is 69.4 Å². The van der Waals surface area contributed by atoms with Gasteiger partial charge in [0, 0.05) is 13.0 Å². The maximum absolute atomic E-state index is 11.9. The average molecular weight is 345 g/mol. The summed E-state index contributed by atoms with van der Waals surface area (Å²) in [7, 11) is 0. The molecule has 0 radical (unpaired) electrons. The molecule has 0 spiro atoms. The van der Waals surface area contributed by atoms with E-state index in [1.165, 1.54) is 0 Å². The van der Waals surface area contributed by atoms with Gasteiger partial charge in [0.15, 0.2) is 0 Å². The van der Waals surface area contributed by atoms with E-state index in [1.54, 1.807) is 0 Å². The van der Waals surface area contributed by atoms with Crippen molar-refractivity contribution in [2.75, 3.05) is 6.54 Å². The smallest absolute Gasteiger partial charge is 0.303 e. The summed E-state index contributed by atoms with van der Waals surface area (Å²) in [4.78, 5) is 24.3. The summed E-state index contributed by atoms with van der Waals surface area (Å²) in [5.74, 6) is -0.551. The number of unbranched alkanes of at least 4 members (excludes halogenated alkanes) is 3. The zero-order valence-corrected chi connectivity index (χ0v) is 14.6. The number of rotatable bonds is 9. The van der Waals surface area contributed by atoms with Crippen LogP contribution in [0, 0.1) is 0 Å². The zero-order chi connectivity index (χ0) is 17.9. The van der Waals surface area contributed by atoms with Crippen LogP contribution in [0.5, 0.6) is 0 Å². The lowest BCUT2D eigenvalue weighted by Gasteiger charge is -2.41. The number of nitrogens with zero attached hydrogens (tertiary/aromatic N) is 1.